The van der Waals surface area contributed by atoms with Crippen LogP contribution in [0.4, 0.5) is 4.39 Å². The van der Waals surface area contributed by atoms with E-state index in [1.807, 2.05) is 0 Å². The first-order valence-electron chi connectivity index (χ1n) is 4.27. The number of hydrogen-bond donors (Lipinski definition) is 1. The van der Waals surface area contributed by atoms with Crippen molar-refractivity contribution in [2.75, 3.05) is 7.05 Å². The van der Waals surface area contributed by atoms with Crippen LogP contribution in [0.2, 0.25) is 0 Å². The van der Waals surface area contributed by atoms with E-state index in [-0.39, 0.29) is 11.1 Å². The van der Waals surface area contributed by atoms with Gasteiger partial charge in [-0.05, 0) is 12.1 Å². The van der Waals surface area contributed by atoms with Gasteiger partial charge in [-0.25, -0.2) is 4.39 Å². The lowest BCUT2D eigenvalue weighted by Gasteiger charge is -1.98. The SMILES string of the molecule is CNC(=O)C(C#N)=Cc1ccccc1F. The van der Waals surface area contributed by atoms with Crippen molar-refractivity contribution < 1.29 is 9.18 Å². The molecule has 15 heavy (non-hydrogen) atoms. The zero-order valence-corrected chi connectivity index (χ0v) is 8.12. The molecule has 0 spiro atoms. The molecular formula is C11H9FN2O. The van der Waals surface area contributed by atoms with Gasteiger partial charge in [0.05, 0.1) is 0 Å². The molecule has 0 heterocycles. The molecule has 0 fully saturated rings. The Balaban J connectivity index is 3.11. The number of rotatable bonds is 2. The molecule has 1 rings (SSSR count). The Morgan fingerprint density at radius 3 is 2.73 bits per heavy atom. The lowest BCUT2D eigenvalue weighted by molar-refractivity contribution is -0.116. The molecule has 0 aliphatic heterocycles. The summed E-state index contributed by atoms with van der Waals surface area (Å²) in [7, 11) is 1.41. The Hall–Kier alpha value is -2.15. The Morgan fingerprint density at radius 2 is 2.20 bits per heavy atom. The summed E-state index contributed by atoms with van der Waals surface area (Å²) in [5.41, 5.74) is 0.0975. The van der Waals surface area contributed by atoms with Crippen LogP contribution in [0, 0.1) is 17.1 Å². The van der Waals surface area contributed by atoms with Gasteiger partial charge in [0, 0.05) is 12.6 Å². The van der Waals surface area contributed by atoms with E-state index < -0.39 is 11.7 Å². The summed E-state index contributed by atoms with van der Waals surface area (Å²) >= 11 is 0. The molecule has 0 aliphatic carbocycles. The molecule has 0 atom stereocenters. The summed E-state index contributed by atoms with van der Waals surface area (Å²) < 4.78 is 13.2. The molecule has 0 bridgehead atoms. The van der Waals surface area contributed by atoms with Gasteiger partial charge in [-0.15, -0.1) is 0 Å². The molecule has 1 N–H and O–H groups in total. The second-order valence-electron chi connectivity index (χ2n) is 2.77. The third kappa shape index (κ3) is 2.64. The Bertz CT molecular complexity index is 446. The predicted molar refractivity (Wildman–Crippen MR) is 54.1 cm³/mol. The average molecular weight is 204 g/mol. The van der Waals surface area contributed by atoms with Crippen molar-refractivity contribution >= 4 is 12.0 Å². The molecule has 0 aliphatic rings. The molecular weight excluding hydrogens is 195 g/mol. The van der Waals surface area contributed by atoms with Gasteiger partial charge in [0.1, 0.15) is 17.5 Å². The third-order valence-electron chi connectivity index (χ3n) is 1.80. The Labute approximate surface area is 86.8 Å². The zero-order valence-electron chi connectivity index (χ0n) is 8.12. The zero-order chi connectivity index (χ0) is 11.3. The van der Waals surface area contributed by atoms with Gasteiger partial charge in [-0.3, -0.25) is 4.79 Å². The fourth-order valence-electron chi connectivity index (χ4n) is 1.03. The van der Waals surface area contributed by atoms with Crippen molar-refractivity contribution in [2.45, 2.75) is 0 Å². The van der Waals surface area contributed by atoms with E-state index in [0.717, 1.165) is 0 Å². The molecule has 76 valence electrons. The first kappa shape index (κ1) is 10.9. The van der Waals surface area contributed by atoms with Crippen molar-refractivity contribution in [3.63, 3.8) is 0 Å². The van der Waals surface area contributed by atoms with Gasteiger partial charge < -0.3 is 5.32 Å². The largest absolute Gasteiger partial charge is 0.354 e. The van der Waals surface area contributed by atoms with E-state index in [2.05, 4.69) is 5.32 Å². The predicted octanol–water partition coefficient (Wildman–Crippen LogP) is 1.48. The highest BCUT2D eigenvalue weighted by Crippen LogP contribution is 2.11. The van der Waals surface area contributed by atoms with E-state index >= 15 is 0 Å². The number of likely N-dealkylation sites (N-methyl/N-ethyl adjacent to an activating group) is 1. The van der Waals surface area contributed by atoms with Gasteiger partial charge in [0.2, 0.25) is 0 Å². The number of halogens is 1. The Kier molecular flexibility index (Phi) is 3.58. The van der Waals surface area contributed by atoms with Crippen LogP contribution in [0.15, 0.2) is 29.8 Å². The number of carbonyl (C=O) groups excluding carboxylic acids is 1. The minimum absolute atomic E-state index is 0.123. The molecule has 1 aromatic rings. The number of hydrogen-bond acceptors (Lipinski definition) is 2. The molecule has 0 radical (unpaired) electrons. The number of carbonyl (C=O) groups is 1. The monoisotopic (exact) mass is 204 g/mol. The lowest BCUT2D eigenvalue weighted by Crippen LogP contribution is -2.19. The quantitative estimate of drug-likeness (QED) is 0.586. The first-order chi connectivity index (χ1) is 7.19. The third-order valence-corrected chi connectivity index (χ3v) is 1.80. The number of nitrogens with one attached hydrogen (secondary N) is 1. The molecule has 1 amide bonds. The van der Waals surface area contributed by atoms with Crippen LogP contribution in [-0.2, 0) is 4.79 Å². The maximum absolute atomic E-state index is 13.2. The summed E-state index contributed by atoms with van der Waals surface area (Å²) in [5, 5.41) is 11.0. The van der Waals surface area contributed by atoms with Gasteiger partial charge in [0.25, 0.3) is 5.91 Å². The summed E-state index contributed by atoms with van der Waals surface area (Å²) in [5.74, 6) is -0.991. The second kappa shape index (κ2) is 4.91. The molecule has 4 heteroatoms. The van der Waals surface area contributed by atoms with E-state index in [1.54, 1.807) is 18.2 Å². The van der Waals surface area contributed by atoms with Crippen LogP contribution in [0.5, 0.6) is 0 Å². The van der Waals surface area contributed by atoms with Crippen molar-refractivity contribution in [2.24, 2.45) is 0 Å². The Morgan fingerprint density at radius 1 is 1.53 bits per heavy atom. The molecule has 1 aromatic carbocycles. The van der Waals surface area contributed by atoms with Crippen LogP contribution in [0.25, 0.3) is 6.08 Å². The number of nitriles is 1. The van der Waals surface area contributed by atoms with Crippen molar-refractivity contribution in [3.8, 4) is 6.07 Å². The number of amides is 1. The van der Waals surface area contributed by atoms with Gasteiger partial charge in [0.15, 0.2) is 0 Å². The fourth-order valence-corrected chi connectivity index (χ4v) is 1.03. The van der Waals surface area contributed by atoms with E-state index in [0.29, 0.717) is 0 Å². The summed E-state index contributed by atoms with van der Waals surface area (Å²) in [4.78, 5) is 11.1. The summed E-state index contributed by atoms with van der Waals surface area (Å²) in [6, 6.07) is 7.65. The highest BCUT2D eigenvalue weighted by Gasteiger charge is 2.07. The minimum Gasteiger partial charge on any atom is -0.354 e. The van der Waals surface area contributed by atoms with Crippen LogP contribution in [0.3, 0.4) is 0 Å². The van der Waals surface area contributed by atoms with Gasteiger partial charge in [-0.2, -0.15) is 5.26 Å². The maximum atomic E-state index is 13.2. The fraction of sp³-hybridized carbons (Fsp3) is 0.0909. The standard InChI is InChI=1S/C11H9FN2O/c1-14-11(15)9(7-13)6-8-4-2-3-5-10(8)12/h2-6H,1H3,(H,14,15). The average Bonchev–Trinajstić information content (AvgIpc) is 2.27. The molecule has 0 saturated heterocycles. The highest BCUT2D eigenvalue weighted by molar-refractivity contribution is 6.01. The van der Waals surface area contributed by atoms with E-state index in [9.17, 15) is 9.18 Å². The summed E-state index contributed by atoms with van der Waals surface area (Å²) in [6.45, 7) is 0. The van der Waals surface area contributed by atoms with Crippen LogP contribution < -0.4 is 5.32 Å². The van der Waals surface area contributed by atoms with Crippen molar-refractivity contribution in [3.05, 3.63) is 41.2 Å². The second-order valence-corrected chi connectivity index (χ2v) is 2.77. The first-order valence-corrected chi connectivity index (χ1v) is 4.27. The molecule has 0 unspecified atom stereocenters. The van der Waals surface area contributed by atoms with Crippen LogP contribution >= 0.6 is 0 Å². The van der Waals surface area contributed by atoms with Crippen molar-refractivity contribution in [1.82, 2.24) is 5.32 Å². The van der Waals surface area contributed by atoms with E-state index in [4.69, 9.17) is 5.26 Å². The van der Waals surface area contributed by atoms with E-state index in [1.165, 1.54) is 25.3 Å². The topological polar surface area (TPSA) is 52.9 Å². The van der Waals surface area contributed by atoms with Crippen molar-refractivity contribution in [1.29, 1.82) is 5.26 Å². The van der Waals surface area contributed by atoms with Crippen LogP contribution in [-0.4, -0.2) is 13.0 Å². The lowest BCUT2D eigenvalue weighted by atomic mass is 10.1. The van der Waals surface area contributed by atoms with Gasteiger partial charge in [-0.1, -0.05) is 18.2 Å². The number of benzene rings is 1. The molecule has 3 nitrogen and oxygen atoms in total. The van der Waals surface area contributed by atoms with Crippen LogP contribution in [0.1, 0.15) is 5.56 Å². The summed E-state index contributed by atoms with van der Waals surface area (Å²) in [6.07, 6.45) is 1.22. The number of nitrogens with zero attached hydrogens (tertiary/aromatic N) is 1. The maximum Gasteiger partial charge on any atom is 0.261 e. The smallest absolute Gasteiger partial charge is 0.261 e. The molecule has 0 aromatic heterocycles. The normalized spacial score (nSPS) is 10.6. The minimum atomic E-state index is -0.527. The molecule has 0 saturated carbocycles. The highest BCUT2D eigenvalue weighted by atomic mass is 19.1. The van der Waals surface area contributed by atoms with Gasteiger partial charge >= 0.3 is 0 Å².